The van der Waals surface area contributed by atoms with Crippen molar-refractivity contribution >= 4 is 17.9 Å². The molecule has 1 unspecified atom stereocenters. The minimum Gasteiger partial charge on any atom is -0.465 e. The van der Waals surface area contributed by atoms with E-state index in [-0.39, 0.29) is 35.5 Å². The topological polar surface area (TPSA) is 123 Å². The summed E-state index contributed by atoms with van der Waals surface area (Å²) in [5, 5.41) is 24.0. The van der Waals surface area contributed by atoms with Gasteiger partial charge < -0.3 is 15.7 Å². The van der Waals surface area contributed by atoms with Crippen molar-refractivity contribution in [2.24, 2.45) is 23.2 Å². The van der Waals surface area contributed by atoms with E-state index in [0.717, 1.165) is 0 Å². The van der Waals surface area contributed by atoms with Gasteiger partial charge in [-0.3, -0.25) is 14.5 Å². The lowest BCUT2D eigenvalue weighted by atomic mass is 9.97. The van der Waals surface area contributed by atoms with Crippen LogP contribution in [0.4, 0.5) is 4.79 Å². The molecule has 1 saturated carbocycles. The van der Waals surface area contributed by atoms with Gasteiger partial charge in [-0.25, -0.2) is 4.79 Å². The number of nitrogens with zero attached hydrogens (tertiary/aromatic N) is 2. The number of nitriles is 1. The lowest BCUT2D eigenvalue weighted by Gasteiger charge is -2.28. The van der Waals surface area contributed by atoms with Crippen molar-refractivity contribution in [1.82, 2.24) is 15.5 Å². The quantitative estimate of drug-likeness (QED) is 0.676. The van der Waals surface area contributed by atoms with Gasteiger partial charge in [0.15, 0.2) is 0 Å². The minimum atomic E-state index is -1.11. The average molecular weight is 334 g/mol. The van der Waals surface area contributed by atoms with Crippen LogP contribution in [0.3, 0.4) is 0 Å². The van der Waals surface area contributed by atoms with Crippen LogP contribution in [0.15, 0.2) is 0 Å². The molecule has 8 heteroatoms. The Morgan fingerprint density at radius 1 is 1.54 bits per heavy atom. The number of carbonyl (C=O) groups is 3. The van der Waals surface area contributed by atoms with E-state index in [2.05, 4.69) is 10.6 Å². The number of amides is 3. The van der Waals surface area contributed by atoms with Crippen LogP contribution in [0.1, 0.15) is 26.7 Å². The monoisotopic (exact) mass is 334 g/mol. The van der Waals surface area contributed by atoms with Crippen LogP contribution in [0.5, 0.6) is 0 Å². The maximum absolute atomic E-state index is 12.6. The standard InChI is InChI=1S/C16H22N4O4/c1-16(2)10-7-20(15(23)24)12(11(10)16)14(22)19-9(6-17)5-8-3-4-18-13(8)21/h8-12H,3-5,7H2,1-2H3,(H,18,21)(H,19,22)(H,23,24)/t8-,9?,10-,11-,12-/m0/s1. The van der Waals surface area contributed by atoms with E-state index >= 15 is 0 Å². The number of hydrogen-bond acceptors (Lipinski definition) is 4. The van der Waals surface area contributed by atoms with Gasteiger partial charge in [-0.05, 0) is 30.1 Å². The zero-order valence-electron chi connectivity index (χ0n) is 13.8. The Morgan fingerprint density at radius 2 is 2.25 bits per heavy atom. The second kappa shape index (κ2) is 5.65. The Balaban J connectivity index is 1.67. The average Bonchev–Trinajstić information content (AvgIpc) is 2.92. The Bertz CT molecular complexity index is 626. The third-order valence-corrected chi connectivity index (χ3v) is 5.88. The lowest BCUT2D eigenvalue weighted by molar-refractivity contribution is -0.127. The first-order chi connectivity index (χ1) is 11.3. The molecule has 3 amide bonds. The highest BCUT2D eigenvalue weighted by Gasteiger charge is 2.69. The fourth-order valence-corrected chi connectivity index (χ4v) is 4.34. The molecule has 3 aliphatic rings. The van der Waals surface area contributed by atoms with Gasteiger partial charge in [0.1, 0.15) is 12.1 Å². The van der Waals surface area contributed by atoms with E-state index in [1.807, 2.05) is 19.9 Å². The van der Waals surface area contributed by atoms with Gasteiger partial charge in [0.05, 0.1) is 6.07 Å². The molecule has 2 aliphatic heterocycles. The van der Waals surface area contributed by atoms with Crippen LogP contribution in [-0.2, 0) is 9.59 Å². The summed E-state index contributed by atoms with van der Waals surface area (Å²) in [4.78, 5) is 36.8. The summed E-state index contributed by atoms with van der Waals surface area (Å²) in [6.07, 6.45) is -0.206. The van der Waals surface area contributed by atoms with E-state index < -0.39 is 24.1 Å². The summed E-state index contributed by atoms with van der Waals surface area (Å²) in [5.74, 6) is -0.631. The van der Waals surface area contributed by atoms with Gasteiger partial charge in [0.2, 0.25) is 11.8 Å². The second-order valence-electron chi connectivity index (χ2n) is 7.54. The number of rotatable bonds is 4. The SMILES string of the molecule is CC1(C)[C@@H]2[C@@H](C(=O)NC(C#N)C[C@@H]3CCNC3=O)N(C(=O)O)C[C@@H]21. The van der Waals surface area contributed by atoms with E-state index in [1.54, 1.807) is 0 Å². The molecule has 2 heterocycles. The van der Waals surface area contributed by atoms with Gasteiger partial charge in [0.25, 0.3) is 0 Å². The Labute approximate surface area is 140 Å². The molecule has 0 radical (unpaired) electrons. The van der Waals surface area contributed by atoms with Crippen molar-refractivity contribution in [3.05, 3.63) is 0 Å². The summed E-state index contributed by atoms with van der Waals surface area (Å²) >= 11 is 0. The van der Waals surface area contributed by atoms with Crippen molar-refractivity contribution in [1.29, 1.82) is 5.26 Å². The molecule has 130 valence electrons. The zero-order chi connectivity index (χ0) is 17.6. The number of piperidine rings is 1. The highest BCUT2D eigenvalue weighted by atomic mass is 16.4. The molecule has 0 aromatic rings. The number of carbonyl (C=O) groups excluding carboxylic acids is 2. The highest BCUT2D eigenvalue weighted by molar-refractivity contribution is 5.88. The second-order valence-corrected chi connectivity index (χ2v) is 7.54. The molecule has 0 spiro atoms. The van der Waals surface area contributed by atoms with Crippen molar-refractivity contribution in [2.45, 2.75) is 38.8 Å². The fourth-order valence-electron chi connectivity index (χ4n) is 4.34. The summed E-state index contributed by atoms with van der Waals surface area (Å²) in [7, 11) is 0. The Hall–Kier alpha value is -2.30. The molecule has 24 heavy (non-hydrogen) atoms. The number of carboxylic acid groups (broad SMARTS) is 1. The van der Waals surface area contributed by atoms with Crippen LogP contribution in [0.2, 0.25) is 0 Å². The van der Waals surface area contributed by atoms with Crippen LogP contribution in [0.25, 0.3) is 0 Å². The number of nitrogens with one attached hydrogen (secondary N) is 2. The third-order valence-electron chi connectivity index (χ3n) is 5.88. The first-order valence-electron chi connectivity index (χ1n) is 8.24. The van der Waals surface area contributed by atoms with Crippen LogP contribution in [-0.4, -0.2) is 53.1 Å². The van der Waals surface area contributed by atoms with Crippen molar-refractivity contribution < 1.29 is 19.5 Å². The molecule has 0 aromatic carbocycles. The molecule has 5 atom stereocenters. The summed E-state index contributed by atoms with van der Waals surface area (Å²) in [5.41, 5.74) is -0.0541. The number of likely N-dealkylation sites (tertiary alicyclic amines) is 1. The Kier molecular flexibility index (Phi) is 3.90. The maximum atomic E-state index is 12.6. The first kappa shape index (κ1) is 16.6. The van der Waals surface area contributed by atoms with Gasteiger partial charge in [-0.1, -0.05) is 13.8 Å². The van der Waals surface area contributed by atoms with Crippen molar-refractivity contribution in [2.75, 3.05) is 13.1 Å². The molecule has 8 nitrogen and oxygen atoms in total. The van der Waals surface area contributed by atoms with Gasteiger partial charge >= 0.3 is 6.09 Å². The smallest absolute Gasteiger partial charge is 0.407 e. The fraction of sp³-hybridized carbons (Fsp3) is 0.750. The molecule has 3 N–H and O–H groups in total. The van der Waals surface area contributed by atoms with E-state index in [0.29, 0.717) is 19.5 Å². The normalized spacial score (nSPS) is 34.0. The van der Waals surface area contributed by atoms with Crippen LogP contribution in [0, 0.1) is 34.5 Å². The van der Waals surface area contributed by atoms with Crippen LogP contribution >= 0.6 is 0 Å². The first-order valence-corrected chi connectivity index (χ1v) is 8.24. The van der Waals surface area contributed by atoms with Crippen LogP contribution < -0.4 is 10.6 Å². The Morgan fingerprint density at radius 3 is 2.79 bits per heavy atom. The van der Waals surface area contributed by atoms with E-state index in [9.17, 15) is 24.8 Å². The van der Waals surface area contributed by atoms with E-state index in [4.69, 9.17) is 0 Å². The molecule has 2 saturated heterocycles. The highest BCUT2D eigenvalue weighted by Crippen LogP contribution is 2.64. The van der Waals surface area contributed by atoms with E-state index in [1.165, 1.54) is 4.90 Å². The molecule has 3 rings (SSSR count). The van der Waals surface area contributed by atoms with Gasteiger partial charge in [-0.2, -0.15) is 5.26 Å². The van der Waals surface area contributed by atoms with Crippen molar-refractivity contribution in [3.63, 3.8) is 0 Å². The summed E-state index contributed by atoms with van der Waals surface area (Å²) in [6, 6.07) is 0.476. The molecule has 0 bridgehead atoms. The predicted molar refractivity (Wildman–Crippen MR) is 82.6 cm³/mol. The van der Waals surface area contributed by atoms with Gasteiger partial charge in [0, 0.05) is 19.0 Å². The molecular weight excluding hydrogens is 312 g/mol. The summed E-state index contributed by atoms with van der Waals surface area (Å²) < 4.78 is 0. The minimum absolute atomic E-state index is 0.0114. The summed E-state index contributed by atoms with van der Waals surface area (Å²) in [6.45, 7) is 5.01. The molecule has 0 aromatic heterocycles. The number of hydrogen-bond donors (Lipinski definition) is 3. The maximum Gasteiger partial charge on any atom is 0.407 e. The predicted octanol–water partition coefficient (Wildman–Crippen LogP) is 0.155. The molecular formula is C16H22N4O4. The number of fused-ring (bicyclic) bond motifs is 1. The third kappa shape index (κ3) is 2.58. The molecule has 1 aliphatic carbocycles. The molecule has 3 fully saturated rings. The van der Waals surface area contributed by atoms with Crippen molar-refractivity contribution in [3.8, 4) is 6.07 Å². The lowest BCUT2D eigenvalue weighted by Crippen LogP contribution is -2.51. The largest absolute Gasteiger partial charge is 0.465 e. The zero-order valence-corrected chi connectivity index (χ0v) is 13.8. The van der Waals surface area contributed by atoms with Gasteiger partial charge in [-0.15, -0.1) is 0 Å².